The SMILES string of the molecule is C=CCn1c(SCC(=O)Nc2ccc(Cl)cc2C)nnc1[C@@H](C)NC(=O)c1ccc(OC)cc1. The Morgan fingerprint density at radius 2 is 1.97 bits per heavy atom. The molecule has 2 amide bonds. The molecule has 3 aromatic rings. The van der Waals surface area contributed by atoms with Crippen LogP contribution in [0.5, 0.6) is 5.75 Å². The molecule has 0 bridgehead atoms. The Morgan fingerprint density at radius 3 is 2.62 bits per heavy atom. The van der Waals surface area contributed by atoms with E-state index in [1.807, 2.05) is 18.4 Å². The monoisotopic (exact) mass is 499 g/mol. The molecule has 0 fully saturated rings. The summed E-state index contributed by atoms with van der Waals surface area (Å²) in [6.07, 6.45) is 1.71. The molecule has 0 unspecified atom stereocenters. The van der Waals surface area contributed by atoms with Gasteiger partial charge >= 0.3 is 0 Å². The Balaban J connectivity index is 1.66. The van der Waals surface area contributed by atoms with E-state index in [1.54, 1.807) is 55.7 Å². The zero-order valence-electron chi connectivity index (χ0n) is 19.2. The lowest BCUT2D eigenvalue weighted by molar-refractivity contribution is -0.113. The van der Waals surface area contributed by atoms with Crippen LogP contribution in [0.15, 0.2) is 60.3 Å². The fourth-order valence-corrected chi connectivity index (χ4v) is 4.18. The smallest absolute Gasteiger partial charge is 0.251 e. The number of ether oxygens (including phenoxy) is 1. The van der Waals surface area contributed by atoms with Crippen molar-refractivity contribution in [1.29, 1.82) is 0 Å². The number of hydrogen-bond acceptors (Lipinski definition) is 6. The molecular weight excluding hydrogens is 474 g/mol. The van der Waals surface area contributed by atoms with Gasteiger partial charge < -0.3 is 19.9 Å². The Bertz CT molecular complexity index is 1180. The number of rotatable bonds is 10. The maximum Gasteiger partial charge on any atom is 0.251 e. The summed E-state index contributed by atoms with van der Waals surface area (Å²) in [5.41, 5.74) is 2.09. The lowest BCUT2D eigenvalue weighted by Crippen LogP contribution is -2.28. The maximum absolute atomic E-state index is 12.6. The van der Waals surface area contributed by atoms with Crippen LogP contribution in [0.1, 0.15) is 34.7 Å². The second kappa shape index (κ2) is 11.7. The minimum absolute atomic E-state index is 0.143. The van der Waals surface area contributed by atoms with Crippen molar-refractivity contribution < 1.29 is 14.3 Å². The number of anilines is 1. The van der Waals surface area contributed by atoms with Crippen LogP contribution >= 0.6 is 23.4 Å². The van der Waals surface area contributed by atoms with E-state index in [2.05, 4.69) is 27.4 Å². The Hall–Kier alpha value is -3.30. The Morgan fingerprint density at radius 1 is 1.24 bits per heavy atom. The van der Waals surface area contributed by atoms with Gasteiger partial charge in [0, 0.05) is 22.8 Å². The van der Waals surface area contributed by atoms with Crippen LogP contribution in [0, 0.1) is 6.92 Å². The van der Waals surface area contributed by atoms with Crippen molar-refractivity contribution >= 4 is 40.9 Å². The first-order chi connectivity index (χ1) is 16.3. The number of benzene rings is 2. The van der Waals surface area contributed by atoms with Crippen LogP contribution in [0.2, 0.25) is 5.02 Å². The fraction of sp³-hybridized carbons (Fsp3) is 0.250. The summed E-state index contributed by atoms with van der Waals surface area (Å²) >= 11 is 7.23. The number of hydrogen-bond donors (Lipinski definition) is 2. The number of amides is 2. The highest BCUT2D eigenvalue weighted by Gasteiger charge is 2.20. The van der Waals surface area contributed by atoms with E-state index in [9.17, 15) is 9.59 Å². The van der Waals surface area contributed by atoms with E-state index in [4.69, 9.17) is 16.3 Å². The zero-order valence-corrected chi connectivity index (χ0v) is 20.7. The van der Waals surface area contributed by atoms with E-state index < -0.39 is 6.04 Å². The number of thioether (sulfide) groups is 1. The quantitative estimate of drug-likeness (QED) is 0.311. The molecular formula is C24H26ClN5O3S. The molecule has 8 nitrogen and oxygen atoms in total. The van der Waals surface area contributed by atoms with Gasteiger partial charge in [0.1, 0.15) is 5.75 Å². The summed E-state index contributed by atoms with van der Waals surface area (Å²) in [4.78, 5) is 25.1. The number of nitrogens with zero attached hydrogens (tertiary/aromatic N) is 3. The third kappa shape index (κ3) is 6.39. The van der Waals surface area contributed by atoms with Gasteiger partial charge in [-0.15, -0.1) is 16.8 Å². The number of aromatic nitrogens is 3. The molecule has 0 aliphatic rings. The van der Waals surface area contributed by atoms with Crippen molar-refractivity contribution in [1.82, 2.24) is 20.1 Å². The maximum atomic E-state index is 12.6. The van der Waals surface area contributed by atoms with Crippen LogP contribution in [0.4, 0.5) is 5.69 Å². The second-order valence-electron chi connectivity index (χ2n) is 7.46. The van der Waals surface area contributed by atoms with E-state index >= 15 is 0 Å². The molecule has 0 saturated heterocycles. The predicted molar refractivity (Wildman–Crippen MR) is 135 cm³/mol. The highest BCUT2D eigenvalue weighted by atomic mass is 35.5. The van der Waals surface area contributed by atoms with Crippen molar-refractivity contribution in [2.24, 2.45) is 0 Å². The van der Waals surface area contributed by atoms with Gasteiger partial charge in [-0.25, -0.2) is 0 Å². The first-order valence-corrected chi connectivity index (χ1v) is 11.9. The predicted octanol–water partition coefficient (Wildman–Crippen LogP) is 4.66. The van der Waals surface area contributed by atoms with Crippen molar-refractivity contribution in [2.45, 2.75) is 31.6 Å². The average molecular weight is 500 g/mol. The van der Waals surface area contributed by atoms with Gasteiger partial charge in [-0.05, 0) is 61.9 Å². The van der Waals surface area contributed by atoms with Gasteiger partial charge in [0.05, 0.1) is 18.9 Å². The summed E-state index contributed by atoms with van der Waals surface area (Å²) in [6.45, 7) is 7.94. The van der Waals surface area contributed by atoms with Crippen LogP contribution in [-0.4, -0.2) is 39.4 Å². The van der Waals surface area contributed by atoms with E-state index in [-0.39, 0.29) is 17.6 Å². The van der Waals surface area contributed by atoms with Crippen molar-refractivity contribution in [3.05, 3.63) is 77.1 Å². The van der Waals surface area contributed by atoms with Crippen molar-refractivity contribution in [3.63, 3.8) is 0 Å². The van der Waals surface area contributed by atoms with E-state index in [0.717, 1.165) is 5.56 Å². The van der Waals surface area contributed by atoms with Crippen LogP contribution in [-0.2, 0) is 11.3 Å². The molecule has 0 aliphatic carbocycles. The summed E-state index contributed by atoms with van der Waals surface area (Å²) < 4.78 is 6.96. The first kappa shape index (κ1) is 25.3. The zero-order chi connectivity index (χ0) is 24.7. The fourth-order valence-electron chi connectivity index (χ4n) is 3.20. The van der Waals surface area contributed by atoms with Crippen molar-refractivity contribution in [3.8, 4) is 5.75 Å². The van der Waals surface area contributed by atoms with Crippen LogP contribution in [0.3, 0.4) is 0 Å². The molecule has 2 N–H and O–H groups in total. The van der Waals surface area contributed by atoms with Gasteiger partial charge in [0.25, 0.3) is 5.91 Å². The lowest BCUT2D eigenvalue weighted by atomic mass is 10.2. The number of methoxy groups -OCH3 is 1. The molecule has 1 aromatic heterocycles. The number of aryl methyl sites for hydroxylation is 1. The number of nitrogens with one attached hydrogen (secondary N) is 2. The third-order valence-electron chi connectivity index (χ3n) is 4.94. The molecule has 3 rings (SSSR count). The molecule has 0 radical (unpaired) electrons. The minimum Gasteiger partial charge on any atom is -0.497 e. The summed E-state index contributed by atoms with van der Waals surface area (Å²) in [5.74, 6) is 0.968. The van der Waals surface area contributed by atoms with Gasteiger partial charge in [-0.2, -0.15) is 0 Å². The van der Waals surface area contributed by atoms with Crippen molar-refractivity contribution in [2.75, 3.05) is 18.2 Å². The number of allylic oxidation sites excluding steroid dienone is 1. The van der Waals surface area contributed by atoms with Gasteiger partial charge in [0.15, 0.2) is 11.0 Å². The molecule has 1 atom stereocenters. The summed E-state index contributed by atoms with van der Waals surface area (Å²) in [6, 6.07) is 11.7. The molecule has 10 heteroatoms. The molecule has 0 aliphatic heterocycles. The highest BCUT2D eigenvalue weighted by molar-refractivity contribution is 7.99. The molecule has 2 aromatic carbocycles. The Kier molecular flexibility index (Phi) is 8.72. The minimum atomic E-state index is -0.415. The van der Waals surface area contributed by atoms with Crippen LogP contribution < -0.4 is 15.4 Å². The number of halogens is 1. The van der Waals surface area contributed by atoms with Gasteiger partial charge in [-0.3, -0.25) is 9.59 Å². The molecule has 1 heterocycles. The van der Waals surface area contributed by atoms with Gasteiger partial charge in [0.2, 0.25) is 5.91 Å². The second-order valence-corrected chi connectivity index (χ2v) is 8.84. The topological polar surface area (TPSA) is 98.1 Å². The molecule has 34 heavy (non-hydrogen) atoms. The number of carbonyl (C=O) groups excluding carboxylic acids is 2. The molecule has 178 valence electrons. The first-order valence-electron chi connectivity index (χ1n) is 10.5. The molecule has 0 saturated carbocycles. The number of carbonyl (C=O) groups is 2. The lowest BCUT2D eigenvalue weighted by Gasteiger charge is -2.15. The normalized spacial score (nSPS) is 11.5. The molecule has 0 spiro atoms. The van der Waals surface area contributed by atoms with E-state index in [1.165, 1.54) is 11.8 Å². The van der Waals surface area contributed by atoms with Gasteiger partial charge in [-0.1, -0.05) is 29.4 Å². The third-order valence-corrected chi connectivity index (χ3v) is 6.14. The average Bonchev–Trinajstić information content (AvgIpc) is 3.22. The van der Waals surface area contributed by atoms with Crippen LogP contribution in [0.25, 0.3) is 0 Å². The summed E-state index contributed by atoms with van der Waals surface area (Å²) in [7, 11) is 1.57. The summed E-state index contributed by atoms with van der Waals surface area (Å²) in [5, 5.41) is 15.5. The Labute approximate surface area is 207 Å². The highest BCUT2D eigenvalue weighted by Crippen LogP contribution is 2.23. The standard InChI is InChI=1S/C24H26ClN5O3S/c1-5-12-30-22(16(3)26-23(32)17-6-9-19(33-4)10-7-17)28-29-24(30)34-14-21(31)27-20-11-8-18(25)13-15(20)2/h5-11,13,16H,1,12,14H2,2-4H3,(H,26,32)(H,27,31)/t16-/m1/s1. The largest absolute Gasteiger partial charge is 0.497 e. The van der Waals surface area contributed by atoms with E-state index in [0.29, 0.717) is 39.5 Å².